The van der Waals surface area contributed by atoms with Gasteiger partial charge < -0.3 is 20.4 Å². The summed E-state index contributed by atoms with van der Waals surface area (Å²) >= 11 is 0. The highest BCUT2D eigenvalue weighted by Crippen LogP contribution is 2.71. The molecule has 0 radical (unpaired) electrons. The molecule has 4 fully saturated rings. The zero-order valence-corrected chi connectivity index (χ0v) is 16.8. The molecule has 0 aromatic carbocycles. The molecule has 0 saturated heterocycles. The number of fused-ring (bicyclic) bond motifs is 2. The molecule has 9 atom stereocenters. The molecule has 4 aliphatic carbocycles. The molecule has 4 aliphatic rings. The first-order chi connectivity index (χ1) is 11.8. The SMILES string of the molecule is CC[C@@H](C)C1C(C)(O)[C@@]2(O)/C(=C/O)C(=O)[C@]1(C)[C@H]1[C@H](C)C[C@@](C)(O)C[C@@H]12. The minimum atomic E-state index is -1.87. The van der Waals surface area contributed by atoms with Gasteiger partial charge in [-0.25, -0.2) is 0 Å². The fourth-order valence-corrected chi connectivity index (χ4v) is 7.49. The van der Waals surface area contributed by atoms with Crippen LogP contribution < -0.4 is 0 Å². The van der Waals surface area contributed by atoms with Gasteiger partial charge >= 0.3 is 0 Å². The molecule has 0 spiro atoms. The molecule has 0 aromatic heterocycles. The van der Waals surface area contributed by atoms with Crippen LogP contribution in [0, 0.1) is 35.0 Å². The van der Waals surface area contributed by atoms with E-state index in [9.17, 15) is 25.2 Å². The van der Waals surface area contributed by atoms with E-state index in [4.69, 9.17) is 0 Å². The summed E-state index contributed by atoms with van der Waals surface area (Å²) in [4.78, 5) is 13.5. The van der Waals surface area contributed by atoms with Crippen molar-refractivity contribution >= 4 is 5.78 Å². The Morgan fingerprint density at radius 3 is 2.27 bits per heavy atom. The minimum Gasteiger partial charge on any atom is -0.515 e. The fourth-order valence-electron chi connectivity index (χ4n) is 7.49. The molecule has 5 heteroatoms. The monoisotopic (exact) mass is 366 g/mol. The van der Waals surface area contributed by atoms with Crippen LogP contribution >= 0.6 is 0 Å². The summed E-state index contributed by atoms with van der Waals surface area (Å²) < 4.78 is 0. The first-order valence-electron chi connectivity index (χ1n) is 9.87. The highest BCUT2D eigenvalue weighted by atomic mass is 16.4. The number of carbonyl (C=O) groups is 1. The first-order valence-corrected chi connectivity index (χ1v) is 9.87. The average molecular weight is 366 g/mol. The van der Waals surface area contributed by atoms with Gasteiger partial charge in [-0.05, 0) is 44.4 Å². The molecule has 0 aromatic rings. The standard InChI is InChI=1S/C21H34O5/c1-7-11(2)16-19(5)15-12(3)8-18(4,24)9-13(15)21(26,20(16,6)25)14(10-22)17(19)23/h10-13,15-16,22,24-26H,7-9H2,1-6H3/b14-10+/t11-,12-,13+,15+,16?,18-,19-,20?,21+/m1/s1. The average Bonchev–Trinajstić information content (AvgIpc) is 2.50. The fraction of sp³-hybridized carbons (Fsp3) is 0.857. The zero-order chi connectivity index (χ0) is 19.9. The third-order valence-corrected chi connectivity index (χ3v) is 8.21. The van der Waals surface area contributed by atoms with E-state index in [0.29, 0.717) is 19.1 Å². The number of carbonyl (C=O) groups excluding carboxylic acids is 1. The van der Waals surface area contributed by atoms with Crippen LogP contribution in [-0.4, -0.2) is 43.0 Å². The zero-order valence-electron chi connectivity index (χ0n) is 16.8. The summed E-state index contributed by atoms with van der Waals surface area (Å²) in [5.41, 5.74) is -5.41. The summed E-state index contributed by atoms with van der Waals surface area (Å²) in [5.74, 6) is -1.27. The van der Waals surface area contributed by atoms with Crippen molar-refractivity contribution in [3.8, 4) is 0 Å². The molecule has 4 rings (SSSR count). The van der Waals surface area contributed by atoms with Crippen LogP contribution in [0.15, 0.2) is 11.8 Å². The Morgan fingerprint density at radius 1 is 1.19 bits per heavy atom. The summed E-state index contributed by atoms with van der Waals surface area (Å²) in [6, 6.07) is 0. The topological polar surface area (TPSA) is 98.0 Å². The maximum absolute atomic E-state index is 13.5. The maximum atomic E-state index is 13.5. The largest absolute Gasteiger partial charge is 0.515 e. The molecule has 4 saturated carbocycles. The Labute approximate surface area is 156 Å². The van der Waals surface area contributed by atoms with E-state index in [2.05, 4.69) is 0 Å². The van der Waals surface area contributed by atoms with Crippen molar-refractivity contribution < 1.29 is 25.2 Å². The number of hydrogen-bond acceptors (Lipinski definition) is 5. The summed E-state index contributed by atoms with van der Waals surface area (Å²) in [6.07, 6.45) is 2.32. The van der Waals surface area contributed by atoms with Crippen molar-refractivity contribution in [3.05, 3.63) is 11.8 Å². The number of Topliss-reactive ketones (excluding diaryl/α,β-unsaturated/α-hetero) is 1. The third kappa shape index (κ3) is 2.05. The van der Waals surface area contributed by atoms with Crippen LogP contribution in [0.1, 0.15) is 60.8 Å². The molecule has 2 bridgehead atoms. The van der Waals surface area contributed by atoms with Gasteiger partial charge in [-0.1, -0.05) is 34.1 Å². The van der Waals surface area contributed by atoms with Gasteiger partial charge in [0.25, 0.3) is 0 Å². The highest BCUT2D eigenvalue weighted by Gasteiger charge is 2.79. The predicted molar refractivity (Wildman–Crippen MR) is 98.3 cm³/mol. The predicted octanol–water partition coefficient (Wildman–Crippen LogP) is 2.59. The molecule has 4 N–H and O–H groups in total. The van der Waals surface area contributed by atoms with E-state index in [1.54, 1.807) is 13.8 Å². The summed E-state index contributed by atoms with van der Waals surface area (Å²) in [5, 5.41) is 44.1. The first kappa shape index (κ1) is 19.8. The number of aliphatic hydroxyl groups excluding tert-OH is 1. The van der Waals surface area contributed by atoms with Crippen molar-refractivity contribution in [1.29, 1.82) is 0 Å². The molecule has 0 aliphatic heterocycles. The lowest BCUT2D eigenvalue weighted by Crippen LogP contribution is -2.81. The lowest BCUT2D eigenvalue weighted by atomic mass is 9.33. The third-order valence-electron chi connectivity index (χ3n) is 8.21. The van der Waals surface area contributed by atoms with Crippen molar-refractivity contribution in [3.63, 3.8) is 0 Å². The van der Waals surface area contributed by atoms with E-state index < -0.39 is 34.1 Å². The van der Waals surface area contributed by atoms with Crippen molar-refractivity contribution in [2.24, 2.45) is 35.0 Å². The molecular formula is C21H34O5. The van der Waals surface area contributed by atoms with Gasteiger partial charge in [0.15, 0.2) is 5.78 Å². The molecule has 2 unspecified atom stereocenters. The van der Waals surface area contributed by atoms with Crippen LogP contribution in [0.25, 0.3) is 0 Å². The number of hydrogen-bond donors (Lipinski definition) is 4. The van der Waals surface area contributed by atoms with Gasteiger partial charge in [0.2, 0.25) is 0 Å². The van der Waals surface area contributed by atoms with Crippen LogP contribution in [0.4, 0.5) is 0 Å². The van der Waals surface area contributed by atoms with Crippen LogP contribution in [0.3, 0.4) is 0 Å². The van der Waals surface area contributed by atoms with E-state index in [0.717, 1.165) is 6.42 Å². The summed E-state index contributed by atoms with van der Waals surface area (Å²) in [7, 11) is 0. The Kier molecular flexibility index (Phi) is 4.24. The normalized spacial score (nSPS) is 56.5. The second kappa shape index (κ2) is 5.55. The van der Waals surface area contributed by atoms with Crippen LogP contribution in [0.5, 0.6) is 0 Å². The van der Waals surface area contributed by atoms with E-state index in [1.807, 2.05) is 27.7 Å². The van der Waals surface area contributed by atoms with Crippen molar-refractivity contribution in [2.45, 2.75) is 77.6 Å². The summed E-state index contributed by atoms with van der Waals surface area (Å²) in [6.45, 7) is 11.3. The number of ketones is 1. The Morgan fingerprint density at radius 2 is 1.77 bits per heavy atom. The second-order valence-corrected chi connectivity index (χ2v) is 9.95. The van der Waals surface area contributed by atoms with Crippen LogP contribution in [-0.2, 0) is 4.79 Å². The molecule has 0 heterocycles. The second-order valence-electron chi connectivity index (χ2n) is 9.95. The highest BCUT2D eigenvalue weighted by molar-refractivity contribution is 6.04. The van der Waals surface area contributed by atoms with Crippen molar-refractivity contribution in [2.75, 3.05) is 0 Å². The molecule has 148 valence electrons. The van der Waals surface area contributed by atoms with E-state index >= 15 is 0 Å². The lowest BCUT2D eigenvalue weighted by molar-refractivity contribution is -0.301. The van der Waals surface area contributed by atoms with Gasteiger partial charge in [0.05, 0.1) is 23.0 Å². The van der Waals surface area contributed by atoms with E-state index in [-0.39, 0.29) is 29.1 Å². The smallest absolute Gasteiger partial charge is 0.171 e. The molecule has 0 amide bonds. The van der Waals surface area contributed by atoms with Crippen LogP contribution in [0.2, 0.25) is 0 Å². The van der Waals surface area contributed by atoms with E-state index in [1.165, 1.54) is 0 Å². The van der Waals surface area contributed by atoms with Crippen molar-refractivity contribution in [1.82, 2.24) is 0 Å². The molecule has 26 heavy (non-hydrogen) atoms. The quantitative estimate of drug-likeness (QED) is 0.445. The molecular weight excluding hydrogens is 332 g/mol. The Bertz CT molecular complexity index is 651. The van der Waals surface area contributed by atoms with Gasteiger partial charge in [0, 0.05) is 17.3 Å². The Hall–Kier alpha value is -0.910. The van der Waals surface area contributed by atoms with Gasteiger partial charge in [-0.2, -0.15) is 0 Å². The Balaban J connectivity index is 2.32. The lowest BCUT2D eigenvalue weighted by Gasteiger charge is -2.72. The van der Waals surface area contributed by atoms with Gasteiger partial charge in [0.1, 0.15) is 5.60 Å². The van der Waals surface area contributed by atoms with Gasteiger partial charge in [-0.15, -0.1) is 0 Å². The van der Waals surface area contributed by atoms with Gasteiger partial charge in [-0.3, -0.25) is 4.79 Å². The molecule has 5 nitrogen and oxygen atoms in total. The minimum absolute atomic E-state index is 0.0205. The maximum Gasteiger partial charge on any atom is 0.171 e. The number of aliphatic hydroxyl groups is 4. The number of rotatable bonds is 2.